The van der Waals surface area contributed by atoms with Gasteiger partial charge in [-0.05, 0) is 25.1 Å². The highest BCUT2D eigenvalue weighted by molar-refractivity contribution is 6.40. The monoisotopic (exact) mass is 289 g/mol. The van der Waals surface area contributed by atoms with Crippen molar-refractivity contribution in [1.29, 1.82) is 0 Å². The molecule has 0 saturated heterocycles. The van der Waals surface area contributed by atoms with Crippen LogP contribution in [-0.4, -0.2) is 35.9 Å². The number of methoxy groups -OCH3 is 1. The Kier molecular flexibility index (Phi) is 4.22. The minimum atomic E-state index is -0.902. The summed E-state index contributed by atoms with van der Waals surface area (Å²) in [7, 11) is 1.21. The Balaban J connectivity index is 2.06. The molecule has 0 spiro atoms. The van der Waals surface area contributed by atoms with Gasteiger partial charge in [0.05, 0.1) is 12.8 Å². The van der Waals surface area contributed by atoms with Crippen LogP contribution in [0, 0.1) is 0 Å². The van der Waals surface area contributed by atoms with Crippen LogP contribution in [0.15, 0.2) is 30.5 Å². The van der Waals surface area contributed by atoms with Crippen molar-refractivity contribution in [2.24, 2.45) is 0 Å². The molecule has 3 N–H and O–H groups in total. The third-order valence-electron chi connectivity index (χ3n) is 2.95. The molecule has 0 saturated carbocycles. The molecular weight excluding hydrogens is 274 g/mol. The van der Waals surface area contributed by atoms with E-state index in [4.69, 9.17) is 0 Å². The summed E-state index contributed by atoms with van der Waals surface area (Å²) in [5.74, 6) is -2.37. The number of hydrogen-bond donors (Lipinski definition) is 3. The summed E-state index contributed by atoms with van der Waals surface area (Å²) < 4.78 is 4.47. The fraction of sp³-hybridized carbons (Fsp3) is 0.214. The average Bonchev–Trinajstić information content (AvgIpc) is 2.95. The van der Waals surface area contributed by atoms with Gasteiger partial charge < -0.3 is 20.4 Å². The molecule has 0 aliphatic heterocycles. The standard InChI is InChI=1S/C14H15N3O4/c1-8(14(20)21-2)16-12(18)13(19)17-11-5-3-4-10-9(11)6-7-15-10/h3-8,15H,1-2H3,(H,16,18)(H,17,19)/t8-/m0/s1. The number of amides is 2. The number of benzene rings is 1. The number of hydrogen-bond acceptors (Lipinski definition) is 4. The number of ether oxygens (including phenoxy) is 1. The fourth-order valence-electron chi connectivity index (χ4n) is 1.87. The van der Waals surface area contributed by atoms with E-state index < -0.39 is 23.8 Å². The minimum absolute atomic E-state index is 0.514. The SMILES string of the molecule is COC(=O)[C@H](C)NC(=O)C(=O)Nc1cccc2[nH]ccc12. The fourth-order valence-corrected chi connectivity index (χ4v) is 1.87. The predicted octanol–water partition coefficient (Wildman–Crippen LogP) is 0.784. The number of nitrogens with one attached hydrogen (secondary N) is 3. The molecule has 0 fully saturated rings. The van der Waals surface area contributed by atoms with Crippen LogP contribution in [0.5, 0.6) is 0 Å². The van der Waals surface area contributed by atoms with Gasteiger partial charge >= 0.3 is 17.8 Å². The van der Waals surface area contributed by atoms with Gasteiger partial charge in [0.2, 0.25) is 0 Å². The van der Waals surface area contributed by atoms with Gasteiger partial charge in [-0.2, -0.15) is 0 Å². The maximum Gasteiger partial charge on any atom is 0.328 e. The summed E-state index contributed by atoms with van der Waals surface area (Å²) in [5, 5.41) is 5.56. The normalized spacial score (nSPS) is 11.7. The number of fused-ring (bicyclic) bond motifs is 1. The molecule has 1 heterocycles. The summed E-state index contributed by atoms with van der Waals surface area (Å²) in [4.78, 5) is 37.8. The number of carbonyl (C=O) groups excluding carboxylic acids is 3. The number of H-pyrrole nitrogens is 1. The Morgan fingerprint density at radius 3 is 2.67 bits per heavy atom. The van der Waals surface area contributed by atoms with Crippen molar-refractivity contribution in [3.63, 3.8) is 0 Å². The molecule has 0 bridgehead atoms. The van der Waals surface area contributed by atoms with Crippen LogP contribution in [0.3, 0.4) is 0 Å². The highest BCUT2D eigenvalue weighted by Crippen LogP contribution is 2.21. The zero-order chi connectivity index (χ0) is 15.4. The van der Waals surface area contributed by atoms with E-state index in [1.807, 2.05) is 6.07 Å². The van der Waals surface area contributed by atoms with E-state index in [0.717, 1.165) is 10.9 Å². The molecular formula is C14H15N3O4. The first-order valence-electron chi connectivity index (χ1n) is 6.28. The van der Waals surface area contributed by atoms with Crippen molar-refractivity contribution in [3.8, 4) is 0 Å². The van der Waals surface area contributed by atoms with Crippen LogP contribution < -0.4 is 10.6 Å². The van der Waals surface area contributed by atoms with Crippen molar-refractivity contribution in [1.82, 2.24) is 10.3 Å². The lowest BCUT2D eigenvalue weighted by Gasteiger charge is -2.11. The van der Waals surface area contributed by atoms with E-state index in [-0.39, 0.29) is 0 Å². The highest BCUT2D eigenvalue weighted by atomic mass is 16.5. The average molecular weight is 289 g/mol. The third-order valence-corrected chi connectivity index (χ3v) is 2.95. The Labute approximate surface area is 120 Å². The first kappa shape index (κ1) is 14.6. The second kappa shape index (κ2) is 6.08. The Morgan fingerprint density at radius 2 is 1.95 bits per heavy atom. The quantitative estimate of drug-likeness (QED) is 0.574. The highest BCUT2D eigenvalue weighted by Gasteiger charge is 2.21. The smallest absolute Gasteiger partial charge is 0.328 e. The Morgan fingerprint density at radius 1 is 1.19 bits per heavy atom. The number of rotatable bonds is 3. The Hall–Kier alpha value is -2.83. The van der Waals surface area contributed by atoms with Crippen LogP contribution in [-0.2, 0) is 19.1 Å². The maximum atomic E-state index is 11.8. The van der Waals surface area contributed by atoms with E-state index in [9.17, 15) is 14.4 Å². The molecule has 1 aromatic carbocycles. The first-order chi connectivity index (χ1) is 10.0. The van der Waals surface area contributed by atoms with Crippen LogP contribution in [0.4, 0.5) is 5.69 Å². The lowest BCUT2D eigenvalue weighted by Crippen LogP contribution is -2.44. The van der Waals surface area contributed by atoms with Gasteiger partial charge in [0.25, 0.3) is 0 Å². The molecule has 1 atom stereocenters. The Bertz CT molecular complexity index is 692. The van der Waals surface area contributed by atoms with E-state index in [1.54, 1.807) is 24.4 Å². The molecule has 7 nitrogen and oxygen atoms in total. The molecule has 1 aromatic heterocycles. The van der Waals surface area contributed by atoms with Crippen LogP contribution in [0.25, 0.3) is 10.9 Å². The molecule has 2 aromatic rings. The molecule has 0 aliphatic carbocycles. The largest absolute Gasteiger partial charge is 0.467 e. The van der Waals surface area contributed by atoms with Crippen LogP contribution in [0.1, 0.15) is 6.92 Å². The lowest BCUT2D eigenvalue weighted by atomic mass is 10.2. The number of aromatic nitrogens is 1. The lowest BCUT2D eigenvalue weighted by molar-refractivity contribution is -0.145. The van der Waals surface area contributed by atoms with E-state index in [0.29, 0.717) is 5.69 Å². The van der Waals surface area contributed by atoms with Crippen molar-refractivity contribution in [3.05, 3.63) is 30.5 Å². The van der Waals surface area contributed by atoms with Gasteiger partial charge in [0.1, 0.15) is 6.04 Å². The van der Waals surface area contributed by atoms with Gasteiger partial charge in [0, 0.05) is 17.1 Å². The maximum absolute atomic E-state index is 11.8. The van der Waals surface area contributed by atoms with Crippen molar-refractivity contribution >= 4 is 34.4 Å². The van der Waals surface area contributed by atoms with Gasteiger partial charge in [-0.1, -0.05) is 6.07 Å². The van der Waals surface area contributed by atoms with Crippen LogP contribution >= 0.6 is 0 Å². The summed E-state index contributed by atoms with van der Waals surface area (Å²) in [6, 6.07) is 6.19. The minimum Gasteiger partial charge on any atom is -0.467 e. The zero-order valence-corrected chi connectivity index (χ0v) is 11.6. The third kappa shape index (κ3) is 3.19. The van der Waals surface area contributed by atoms with E-state index >= 15 is 0 Å². The van der Waals surface area contributed by atoms with Gasteiger partial charge in [-0.25, -0.2) is 4.79 Å². The molecule has 2 amide bonds. The summed E-state index contributed by atoms with van der Waals surface area (Å²) in [6.45, 7) is 1.43. The van der Waals surface area contributed by atoms with E-state index in [1.165, 1.54) is 14.0 Å². The number of anilines is 1. The molecule has 110 valence electrons. The van der Waals surface area contributed by atoms with Gasteiger partial charge in [-0.3, -0.25) is 9.59 Å². The molecule has 7 heteroatoms. The van der Waals surface area contributed by atoms with Crippen LogP contribution in [0.2, 0.25) is 0 Å². The molecule has 0 unspecified atom stereocenters. The van der Waals surface area contributed by atoms with Crippen molar-refractivity contribution in [2.75, 3.05) is 12.4 Å². The number of aromatic amines is 1. The first-order valence-corrected chi connectivity index (χ1v) is 6.28. The van der Waals surface area contributed by atoms with E-state index in [2.05, 4.69) is 20.4 Å². The topological polar surface area (TPSA) is 100 Å². The molecule has 0 aliphatic rings. The zero-order valence-electron chi connectivity index (χ0n) is 11.6. The second-order valence-corrected chi connectivity index (χ2v) is 4.42. The second-order valence-electron chi connectivity index (χ2n) is 4.42. The summed E-state index contributed by atoms with van der Waals surface area (Å²) >= 11 is 0. The predicted molar refractivity (Wildman–Crippen MR) is 76.5 cm³/mol. The number of carbonyl (C=O) groups is 3. The summed E-state index contributed by atoms with van der Waals surface area (Å²) in [5.41, 5.74) is 1.36. The van der Waals surface area contributed by atoms with Crippen molar-refractivity contribution in [2.45, 2.75) is 13.0 Å². The molecule has 0 radical (unpaired) electrons. The van der Waals surface area contributed by atoms with Crippen molar-refractivity contribution < 1.29 is 19.1 Å². The molecule has 2 rings (SSSR count). The molecule has 21 heavy (non-hydrogen) atoms. The number of esters is 1. The van der Waals surface area contributed by atoms with Gasteiger partial charge in [-0.15, -0.1) is 0 Å². The summed E-state index contributed by atoms with van der Waals surface area (Å²) in [6.07, 6.45) is 1.74. The van der Waals surface area contributed by atoms with Gasteiger partial charge in [0.15, 0.2) is 0 Å².